The smallest absolute Gasteiger partial charge is 0.340 e. The van der Waals surface area contributed by atoms with E-state index in [2.05, 4.69) is 48.0 Å². The maximum Gasteiger partial charge on any atom is 0.417 e. The first-order valence-corrected chi connectivity index (χ1v) is 11.0. The molecular formula is C24H21F3N6. The second-order valence-corrected chi connectivity index (χ2v) is 8.78. The molecule has 3 aromatic heterocycles. The molecule has 1 aliphatic heterocycles. The van der Waals surface area contributed by atoms with Gasteiger partial charge >= 0.3 is 6.18 Å². The van der Waals surface area contributed by atoms with Crippen molar-refractivity contribution in [1.29, 1.82) is 0 Å². The molecule has 1 N–H and O–H groups in total. The predicted octanol–water partition coefficient (Wildman–Crippen LogP) is 5.32. The number of nitrogens with one attached hydrogen (secondary N) is 1. The number of imidazole rings is 1. The lowest BCUT2D eigenvalue weighted by Crippen LogP contribution is -2.37. The number of H-pyrrole nitrogens is 1. The zero-order chi connectivity index (χ0) is 22.6. The van der Waals surface area contributed by atoms with E-state index in [1.165, 1.54) is 5.56 Å². The monoisotopic (exact) mass is 450 g/mol. The Balaban J connectivity index is 1.40. The Morgan fingerprint density at radius 3 is 2.64 bits per heavy atom. The number of halogens is 3. The summed E-state index contributed by atoms with van der Waals surface area (Å²) in [7, 11) is 0. The number of rotatable bonds is 3. The molecule has 0 bridgehead atoms. The van der Waals surface area contributed by atoms with Crippen molar-refractivity contribution < 1.29 is 13.2 Å². The maximum atomic E-state index is 13.1. The quantitative estimate of drug-likeness (QED) is 0.457. The summed E-state index contributed by atoms with van der Waals surface area (Å²) in [6.07, 6.45) is 4.54. The average molecular weight is 450 g/mol. The van der Waals surface area contributed by atoms with Gasteiger partial charge in [-0.15, -0.1) is 0 Å². The fourth-order valence-corrected chi connectivity index (χ4v) is 5.05. The van der Waals surface area contributed by atoms with Crippen molar-refractivity contribution in [3.8, 4) is 0 Å². The molecule has 9 heteroatoms. The average Bonchev–Trinajstić information content (AvgIpc) is 3.21. The van der Waals surface area contributed by atoms with E-state index >= 15 is 0 Å². The highest BCUT2D eigenvalue weighted by Crippen LogP contribution is 2.49. The van der Waals surface area contributed by atoms with Gasteiger partial charge in [0.15, 0.2) is 5.65 Å². The van der Waals surface area contributed by atoms with Crippen molar-refractivity contribution in [2.75, 3.05) is 11.4 Å². The largest absolute Gasteiger partial charge is 0.417 e. The topological polar surface area (TPSA) is 70.6 Å². The number of pyridine rings is 1. The Kier molecular flexibility index (Phi) is 4.43. The molecule has 0 atom stereocenters. The van der Waals surface area contributed by atoms with Gasteiger partial charge in [0.2, 0.25) is 0 Å². The lowest BCUT2D eigenvalue weighted by molar-refractivity contribution is -0.137. The molecule has 0 saturated heterocycles. The first-order chi connectivity index (χ1) is 15.9. The molecule has 0 radical (unpaired) electrons. The number of alkyl halides is 3. The van der Waals surface area contributed by atoms with E-state index in [1.807, 2.05) is 6.07 Å². The van der Waals surface area contributed by atoms with Crippen LogP contribution in [0, 0.1) is 0 Å². The van der Waals surface area contributed by atoms with E-state index in [0.717, 1.165) is 68.0 Å². The van der Waals surface area contributed by atoms with Crippen LogP contribution < -0.4 is 4.90 Å². The second-order valence-electron chi connectivity index (χ2n) is 8.78. The van der Waals surface area contributed by atoms with Gasteiger partial charge < -0.3 is 9.88 Å². The SMILES string of the molecule is FC(F)(F)c1cnc2nc(C3(c4ccc5c(c4)CCCN5c4ccncn4)CCC3)[nH]c2c1. The van der Waals surface area contributed by atoms with Gasteiger partial charge in [0.1, 0.15) is 18.0 Å². The third-order valence-corrected chi connectivity index (χ3v) is 6.92. The fraction of sp³-hybridized carbons (Fsp3) is 0.333. The van der Waals surface area contributed by atoms with Gasteiger partial charge in [-0.3, -0.25) is 0 Å². The number of hydrogen-bond acceptors (Lipinski definition) is 5. The Morgan fingerprint density at radius 1 is 1.03 bits per heavy atom. The van der Waals surface area contributed by atoms with E-state index in [9.17, 15) is 13.2 Å². The number of aromatic amines is 1. The highest BCUT2D eigenvalue weighted by molar-refractivity contribution is 5.72. The lowest BCUT2D eigenvalue weighted by Gasteiger charge is -2.41. The minimum absolute atomic E-state index is 0.317. The van der Waals surface area contributed by atoms with Crippen LogP contribution in [0.5, 0.6) is 0 Å². The van der Waals surface area contributed by atoms with Crippen LogP contribution in [0.15, 0.2) is 49.1 Å². The Morgan fingerprint density at radius 2 is 1.91 bits per heavy atom. The molecule has 1 aromatic carbocycles. The highest BCUT2D eigenvalue weighted by Gasteiger charge is 2.44. The summed E-state index contributed by atoms with van der Waals surface area (Å²) in [6.45, 7) is 0.894. The number of nitrogens with zero attached hydrogens (tertiary/aromatic N) is 5. The van der Waals surface area contributed by atoms with Gasteiger partial charge in [0, 0.05) is 24.6 Å². The van der Waals surface area contributed by atoms with Crippen molar-refractivity contribution >= 4 is 22.7 Å². The summed E-state index contributed by atoms with van der Waals surface area (Å²) in [5, 5.41) is 0. The Labute approximate surface area is 187 Å². The third kappa shape index (κ3) is 3.25. The van der Waals surface area contributed by atoms with Crippen LogP contribution in [0.4, 0.5) is 24.7 Å². The van der Waals surface area contributed by atoms with Crippen LogP contribution in [-0.4, -0.2) is 31.5 Å². The summed E-state index contributed by atoms with van der Waals surface area (Å²) in [5.41, 5.74) is 3.07. The summed E-state index contributed by atoms with van der Waals surface area (Å²) in [5.74, 6) is 1.57. The van der Waals surface area contributed by atoms with Gasteiger partial charge in [-0.25, -0.2) is 19.9 Å². The minimum atomic E-state index is -4.44. The van der Waals surface area contributed by atoms with Gasteiger partial charge in [-0.05, 0) is 55.0 Å². The van der Waals surface area contributed by atoms with E-state index < -0.39 is 11.7 Å². The lowest BCUT2D eigenvalue weighted by atomic mass is 9.63. The number of aromatic nitrogens is 5. The second kappa shape index (κ2) is 7.26. The molecule has 6 nitrogen and oxygen atoms in total. The molecule has 6 rings (SSSR count). The number of anilines is 2. The highest BCUT2D eigenvalue weighted by atomic mass is 19.4. The van der Waals surface area contributed by atoms with Crippen molar-refractivity contribution in [3.05, 3.63) is 71.6 Å². The minimum Gasteiger partial charge on any atom is -0.340 e. The molecular weight excluding hydrogens is 429 g/mol. The Hall–Kier alpha value is -3.49. The van der Waals surface area contributed by atoms with Crippen molar-refractivity contribution in [1.82, 2.24) is 24.9 Å². The normalized spacial score (nSPS) is 17.6. The van der Waals surface area contributed by atoms with Crippen LogP contribution in [0.3, 0.4) is 0 Å². The molecule has 0 spiro atoms. The molecule has 1 aliphatic carbocycles. The first-order valence-electron chi connectivity index (χ1n) is 11.0. The van der Waals surface area contributed by atoms with Crippen LogP contribution in [-0.2, 0) is 18.0 Å². The number of aryl methyl sites for hydroxylation is 1. The number of hydrogen-bond donors (Lipinski definition) is 1. The van der Waals surface area contributed by atoms with Gasteiger partial charge in [-0.2, -0.15) is 13.2 Å². The van der Waals surface area contributed by atoms with Crippen molar-refractivity contribution in [3.63, 3.8) is 0 Å². The zero-order valence-electron chi connectivity index (χ0n) is 17.7. The van der Waals surface area contributed by atoms with E-state index in [1.54, 1.807) is 12.5 Å². The summed E-state index contributed by atoms with van der Waals surface area (Å²) >= 11 is 0. The molecule has 1 saturated carbocycles. The third-order valence-electron chi connectivity index (χ3n) is 6.92. The molecule has 2 aliphatic rings. The van der Waals surface area contributed by atoms with Crippen LogP contribution in [0.25, 0.3) is 11.2 Å². The van der Waals surface area contributed by atoms with Crippen molar-refractivity contribution in [2.24, 2.45) is 0 Å². The van der Waals surface area contributed by atoms with Crippen LogP contribution in [0.2, 0.25) is 0 Å². The van der Waals surface area contributed by atoms with E-state index in [-0.39, 0.29) is 5.41 Å². The molecule has 1 fully saturated rings. The molecule has 4 heterocycles. The summed E-state index contributed by atoms with van der Waals surface area (Å²) in [6, 6.07) is 9.50. The summed E-state index contributed by atoms with van der Waals surface area (Å²) < 4.78 is 39.4. The Bertz CT molecular complexity index is 1330. The molecule has 33 heavy (non-hydrogen) atoms. The fourth-order valence-electron chi connectivity index (χ4n) is 5.05. The molecule has 0 amide bonds. The molecule has 0 unspecified atom stereocenters. The predicted molar refractivity (Wildman–Crippen MR) is 117 cm³/mol. The zero-order valence-corrected chi connectivity index (χ0v) is 17.7. The molecule has 168 valence electrons. The van der Waals surface area contributed by atoms with Gasteiger partial charge in [0.25, 0.3) is 0 Å². The van der Waals surface area contributed by atoms with Gasteiger partial charge in [0.05, 0.1) is 16.5 Å². The number of fused-ring (bicyclic) bond motifs is 2. The van der Waals surface area contributed by atoms with E-state index in [0.29, 0.717) is 17.0 Å². The van der Waals surface area contributed by atoms with Crippen LogP contribution in [0.1, 0.15) is 48.2 Å². The van der Waals surface area contributed by atoms with Crippen LogP contribution >= 0.6 is 0 Å². The standard InChI is InChI=1S/C24H21F3N6/c25-24(26,27)17-12-18-21(29-13-17)32-22(31-18)23(7-2-8-23)16-4-5-19-15(11-16)3-1-10-33(19)20-6-9-28-14-30-20/h4-6,9,11-14H,1-3,7-8,10H2,(H,29,31,32). The van der Waals surface area contributed by atoms with Crippen molar-refractivity contribution in [2.45, 2.75) is 43.7 Å². The molecule has 4 aromatic rings. The summed E-state index contributed by atoms with van der Waals surface area (Å²) in [4.78, 5) is 22.4. The first kappa shape index (κ1) is 20.1. The van der Waals surface area contributed by atoms with Gasteiger partial charge in [-0.1, -0.05) is 18.6 Å². The maximum absolute atomic E-state index is 13.1. The van der Waals surface area contributed by atoms with E-state index in [4.69, 9.17) is 0 Å². The number of benzene rings is 1.